The first-order valence-corrected chi connectivity index (χ1v) is 11.8. The van der Waals surface area contributed by atoms with Gasteiger partial charge in [-0.15, -0.1) is 0 Å². The standard InChI is InChI=1S/C25H22IN3O2S/c1-3-15(2)18-8-13-22-21(14-18)28-24(31-22)17-6-11-20(12-7-17)27-25(32)29-23(30)16-4-9-19(26)10-5-16/h4-15H,3H2,1-2H3,(H2,27,29,30,32)/t15-/m0/s1. The molecule has 0 spiro atoms. The minimum Gasteiger partial charge on any atom is -0.436 e. The molecule has 1 aromatic heterocycles. The molecule has 1 atom stereocenters. The molecule has 3 aromatic carbocycles. The van der Waals surface area contributed by atoms with E-state index in [0.29, 0.717) is 17.4 Å². The molecule has 4 aromatic rings. The van der Waals surface area contributed by atoms with Crippen LogP contribution >= 0.6 is 34.8 Å². The molecule has 5 nitrogen and oxygen atoms in total. The molecule has 0 saturated carbocycles. The second kappa shape index (κ2) is 9.79. The molecule has 0 aliphatic rings. The summed E-state index contributed by atoms with van der Waals surface area (Å²) in [6, 6.07) is 21.0. The van der Waals surface area contributed by atoms with Gasteiger partial charge >= 0.3 is 0 Å². The Balaban J connectivity index is 1.43. The van der Waals surface area contributed by atoms with Crippen molar-refractivity contribution in [3.63, 3.8) is 0 Å². The minimum atomic E-state index is -0.251. The fourth-order valence-corrected chi connectivity index (χ4v) is 3.82. The lowest BCUT2D eigenvalue weighted by atomic mass is 9.98. The van der Waals surface area contributed by atoms with E-state index in [-0.39, 0.29) is 11.0 Å². The number of carbonyl (C=O) groups excluding carboxylic acids is 1. The van der Waals surface area contributed by atoms with Crippen LogP contribution in [0, 0.1) is 3.57 Å². The van der Waals surface area contributed by atoms with Crippen LogP contribution in [0.1, 0.15) is 42.1 Å². The number of oxazole rings is 1. The van der Waals surface area contributed by atoms with Crippen molar-refractivity contribution in [3.05, 3.63) is 81.4 Å². The molecule has 7 heteroatoms. The third-order valence-corrected chi connectivity index (χ3v) is 6.24. The van der Waals surface area contributed by atoms with Crippen LogP contribution in [0.4, 0.5) is 5.69 Å². The Labute approximate surface area is 205 Å². The van der Waals surface area contributed by atoms with Gasteiger partial charge < -0.3 is 9.73 Å². The average Bonchev–Trinajstić information content (AvgIpc) is 3.22. The van der Waals surface area contributed by atoms with E-state index in [1.165, 1.54) is 5.56 Å². The van der Waals surface area contributed by atoms with Gasteiger partial charge in [0.25, 0.3) is 5.91 Å². The van der Waals surface area contributed by atoms with E-state index in [1.807, 2.05) is 42.5 Å². The Morgan fingerprint density at radius 3 is 2.50 bits per heavy atom. The van der Waals surface area contributed by atoms with Crippen molar-refractivity contribution in [2.45, 2.75) is 26.2 Å². The monoisotopic (exact) mass is 555 g/mol. The lowest BCUT2D eigenvalue weighted by Gasteiger charge is -2.10. The molecule has 0 saturated heterocycles. The molecule has 0 aliphatic carbocycles. The Morgan fingerprint density at radius 1 is 1.09 bits per heavy atom. The molecule has 162 valence electrons. The van der Waals surface area contributed by atoms with Crippen molar-refractivity contribution in [1.29, 1.82) is 0 Å². The first-order valence-electron chi connectivity index (χ1n) is 10.3. The summed E-state index contributed by atoms with van der Waals surface area (Å²) in [7, 11) is 0. The highest BCUT2D eigenvalue weighted by Crippen LogP contribution is 2.28. The summed E-state index contributed by atoms with van der Waals surface area (Å²) in [6.45, 7) is 4.39. The largest absolute Gasteiger partial charge is 0.436 e. The zero-order valence-electron chi connectivity index (χ0n) is 17.7. The highest BCUT2D eigenvalue weighted by Gasteiger charge is 2.12. The summed E-state index contributed by atoms with van der Waals surface area (Å²) >= 11 is 7.47. The molecule has 0 radical (unpaired) electrons. The van der Waals surface area contributed by atoms with E-state index < -0.39 is 0 Å². The van der Waals surface area contributed by atoms with E-state index in [9.17, 15) is 4.79 Å². The van der Waals surface area contributed by atoms with Crippen LogP contribution in [0.15, 0.2) is 71.1 Å². The summed E-state index contributed by atoms with van der Waals surface area (Å²) in [4.78, 5) is 17.0. The lowest BCUT2D eigenvalue weighted by Crippen LogP contribution is -2.34. The number of aromatic nitrogens is 1. The number of nitrogens with zero attached hydrogens (tertiary/aromatic N) is 1. The molecule has 1 heterocycles. The van der Waals surface area contributed by atoms with E-state index >= 15 is 0 Å². The van der Waals surface area contributed by atoms with Crippen molar-refractivity contribution in [2.75, 3.05) is 5.32 Å². The molecule has 0 unspecified atom stereocenters. The maximum absolute atomic E-state index is 12.3. The zero-order chi connectivity index (χ0) is 22.7. The summed E-state index contributed by atoms with van der Waals surface area (Å²) in [5.74, 6) is 0.807. The van der Waals surface area contributed by atoms with Gasteiger partial charge in [-0.3, -0.25) is 10.1 Å². The molecule has 2 N–H and O–H groups in total. The van der Waals surface area contributed by atoms with Crippen LogP contribution < -0.4 is 10.6 Å². The van der Waals surface area contributed by atoms with E-state index in [2.05, 4.69) is 64.2 Å². The van der Waals surface area contributed by atoms with Crippen LogP contribution in [-0.4, -0.2) is 16.0 Å². The number of rotatable bonds is 5. The molecular formula is C25H22IN3O2S. The van der Waals surface area contributed by atoms with Crippen LogP contribution in [0.2, 0.25) is 0 Å². The van der Waals surface area contributed by atoms with E-state index in [4.69, 9.17) is 16.6 Å². The number of halogens is 1. The van der Waals surface area contributed by atoms with Gasteiger partial charge in [0, 0.05) is 20.4 Å². The highest BCUT2D eigenvalue weighted by atomic mass is 127. The number of anilines is 1. The third kappa shape index (κ3) is 5.16. The normalized spacial score (nSPS) is 11.8. The Bertz CT molecular complexity index is 1270. The minimum absolute atomic E-state index is 0.237. The summed E-state index contributed by atoms with van der Waals surface area (Å²) < 4.78 is 7.00. The summed E-state index contributed by atoms with van der Waals surface area (Å²) in [6.07, 6.45) is 1.08. The van der Waals surface area contributed by atoms with Gasteiger partial charge in [-0.2, -0.15) is 0 Å². The number of hydrogen-bond donors (Lipinski definition) is 2. The maximum atomic E-state index is 12.3. The van der Waals surface area contributed by atoms with Gasteiger partial charge in [0.05, 0.1) is 0 Å². The van der Waals surface area contributed by atoms with Gasteiger partial charge in [-0.25, -0.2) is 4.98 Å². The van der Waals surface area contributed by atoms with Gasteiger partial charge in [0.1, 0.15) is 5.52 Å². The van der Waals surface area contributed by atoms with Crippen molar-refractivity contribution >= 4 is 62.6 Å². The smallest absolute Gasteiger partial charge is 0.257 e. The van der Waals surface area contributed by atoms with Crippen LogP contribution in [0.3, 0.4) is 0 Å². The lowest BCUT2D eigenvalue weighted by molar-refractivity contribution is 0.0977. The molecule has 1 amide bonds. The number of nitrogens with one attached hydrogen (secondary N) is 2. The molecular weight excluding hydrogens is 533 g/mol. The fourth-order valence-electron chi connectivity index (χ4n) is 3.25. The van der Waals surface area contributed by atoms with E-state index in [0.717, 1.165) is 32.3 Å². The number of thiocarbonyl (C=S) groups is 1. The molecule has 32 heavy (non-hydrogen) atoms. The number of benzene rings is 3. The van der Waals surface area contributed by atoms with Gasteiger partial charge in [0.2, 0.25) is 5.89 Å². The second-order valence-electron chi connectivity index (χ2n) is 7.55. The predicted octanol–water partition coefficient (Wildman–Crippen LogP) is 6.74. The first kappa shape index (κ1) is 22.4. The summed E-state index contributed by atoms with van der Waals surface area (Å²) in [5, 5.41) is 5.96. The highest BCUT2D eigenvalue weighted by molar-refractivity contribution is 14.1. The number of amides is 1. The molecule has 0 fully saturated rings. The van der Waals surface area contributed by atoms with Crippen LogP contribution in [0.25, 0.3) is 22.6 Å². The van der Waals surface area contributed by atoms with Crippen molar-refractivity contribution in [1.82, 2.24) is 10.3 Å². The van der Waals surface area contributed by atoms with Crippen molar-refractivity contribution < 1.29 is 9.21 Å². The average molecular weight is 555 g/mol. The van der Waals surface area contributed by atoms with Gasteiger partial charge in [0.15, 0.2) is 10.7 Å². The topological polar surface area (TPSA) is 67.2 Å². The number of fused-ring (bicyclic) bond motifs is 1. The maximum Gasteiger partial charge on any atom is 0.257 e. The summed E-state index contributed by atoms with van der Waals surface area (Å²) in [5.41, 5.74) is 5.08. The second-order valence-corrected chi connectivity index (χ2v) is 9.20. The number of hydrogen-bond acceptors (Lipinski definition) is 4. The quantitative estimate of drug-likeness (QED) is 0.211. The first-order chi connectivity index (χ1) is 15.4. The number of carbonyl (C=O) groups is 1. The van der Waals surface area contributed by atoms with Crippen molar-refractivity contribution in [3.8, 4) is 11.5 Å². The van der Waals surface area contributed by atoms with Crippen LogP contribution in [-0.2, 0) is 0 Å². The van der Waals surface area contributed by atoms with Gasteiger partial charge in [-0.1, -0.05) is 19.9 Å². The molecule has 4 rings (SSSR count). The van der Waals surface area contributed by atoms with Crippen molar-refractivity contribution in [2.24, 2.45) is 0 Å². The Morgan fingerprint density at radius 2 is 1.81 bits per heavy atom. The van der Waals surface area contributed by atoms with E-state index in [1.54, 1.807) is 12.1 Å². The third-order valence-electron chi connectivity index (χ3n) is 5.32. The SMILES string of the molecule is CC[C@H](C)c1ccc2oc(-c3ccc(NC(=S)NC(=O)c4ccc(I)cc4)cc3)nc2c1. The van der Waals surface area contributed by atoms with Crippen LogP contribution in [0.5, 0.6) is 0 Å². The zero-order valence-corrected chi connectivity index (χ0v) is 20.7. The molecule has 0 aliphatic heterocycles. The fraction of sp³-hybridized carbons (Fsp3) is 0.160. The Kier molecular flexibility index (Phi) is 6.86. The molecule has 0 bridgehead atoms. The Hall–Kier alpha value is -2.78. The predicted molar refractivity (Wildman–Crippen MR) is 141 cm³/mol. The van der Waals surface area contributed by atoms with Gasteiger partial charge in [-0.05, 0) is 113 Å².